The van der Waals surface area contributed by atoms with Crippen LogP contribution in [0.25, 0.3) is 0 Å². The molecule has 2 aliphatic heterocycles. The number of halogens is 1. The molecule has 5 atom stereocenters. The number of Topliss-reactive ketones (excluding diaryl/α,β-unsaturated/α-hetero) is 1. The number of fused-ring (bicyclic) bond motifs is 1. The van der Waals surface area contributed by atoms with Gasteiger partial charge in [0.2, 0.25) is 0 Å². The first-order chi connectivity index (χ1) is 14.0. The standard InChI is InChI=1S/C21H20ClN3O4/c1-10-6-15-13(8-14(10)22)19(26)17-18(12-4-3-5-23-9-12)25(21(27)20(17)28-15)16-7-11(2)29-24-16/h3-5,7,9-10,13-15,18H,6,8H2,1-2H3. The van der Waals surface area contributed by atoms with Gasteiger partial charge in [0.25, 0.3) is 5.91 Å². The van der Waals surface area contributed by atoms with Crippen LogP contribution < -0.4 is 4.90 Å². The summed E-state index contributed by atoms with van der Waals surface area (Å²) in [4.78, 5) is 32.6. The molecule has 0 saturated heterocycles. The number of hydrogen-bond acceptors (Lipinski definition) is 6. The number of ketones is 1. The highest BCUT2D eigenvalue weighted by molar-refractivity contribution is 6.21. The average molecular weight is 414 g/mol. The normalized spacial score (nSPS) is 31.6. The maximum atomic E-state index is 13.6. The van der Waals surface area contributed by atoms with Crippen molar-refractivity contribution >= 4 is 29.1 Å². The summed E-state index contributed by atoms with van der Waals surface area (Å²) in [6.45, 7) is 3.80. The topological polar surface area (TPSA) is 85.5 Å². The fourth-order valence-corrected chi connectivity index (χ4v) is 4.87. The molecule has 7 nitrogen and oxygen atoms in total. The second-order valence-electron chi connectivity index (χ2n) is 7.99. The van der Waals surface area contributed by atoms with Gasteiger partial charge in [-0.05, 0) is 37.3 Å². The van der Waals surface area contributed by atoms with E-state index in [0.29, 0.717) is 35.6 Å². The van der Waals surface area contributed by atoms with Gasteiger partial charge in [-0.2, -0.15) is 0 Å². The number of alkyl halides is 1. The van der Waals surface area contributed by atoms with E-state index in [9.17, 15) is 9.59 Å². The molecule has 2 aromatic heterocycles. The van der Waals surface area contributed by atoms with Crippen molar-refractivity contribution in [1.29, 1.82) is 0 Å². The lowest BCUT2D eigenvalue weighted by Crippen LogP contribution is -2.44. The van der Waals surface area contributed by atoms with Crippen molar-refractivity contribution in [1.82, 2.24) is 10.1 Å². The predicted octanol–water partition coefficient (Wildman–Crippen LogP) is 3.34. The van der Waals surface area contributed by atoms with Gasteiger partial charge in [-0.1, -0.05) is 18.1 Å². The minimum atomic E-state index is -0.655. The van der Waals surface area contributed by atoms with Crippen LogP contribution in [0.4, 0.5) is 5.82 Å². The van der Waals surface area contributed by atoms with Gasteiger partial charge in [0.1, 0.15) is 11.9 Å². The van der Waals surface area contributed by atoms with Crippen molar-refractivity contribution in [2.75, 3.05) is 4.90 Å². The first kappa shape index (κ1) is 18.4. The number of aryl methyl sites for hydroxylation is 1. The molecule has 0 aromatic carbocycles. The van der Waals surface area contributed by atoms with Crippen LogP contribution in [-0.2, 0) is 14.3 Å². The highest BCUT2D eigenvalue weighted by Gasteiger charge is 2.54. The van der Waals surface area contributed by atoms with Crippen LogP contribution in [0.1, 0.15) is 37.1 Å². The number of ether oxygens (including phenoxy) is 1. The number of hydrogen-bond donors (Lipinski definition) is 0. The Kier molecular flexibility index (Phi) is 4.24. The van der Waals surface area contributed by atoms with Gasteiger partial charge in [-0.25, -0.2) is 0 Å². The molecule has 8 heteroatoms. The Morgan fingerprint density at radius 2 is 2.10 bits per heavy atom. The summed E-state index contributed by atoms with van der Waals surface area (Å²) in [5.74, 6) is 0.451. The second-order valence-corrected chi connectivity index (χ2v) is 8.55. The van der Waals surface area contributed by atoms with Gasteiger partial charge in [0, 0.05) is 23.8 Å². The molecule has 0 N–H and O–H groups in total. The second kappa shape index (κ2) is 6.69. The van der Waals surface area contributed by atoms with Crippen molar-refractivity contribution in [2.24, 2.45) is 11.8 Å². The zero-order valence-electron chi connectivity index (χ0n) is 16.0. The first-order valence-corrected chi connectivity index (χ1v) is 10.1. The molecule has 150 valence electrons. The predicted molar refractivity (Wildman–Crippen MR) is 104 cm³/mol. The molecule has 0 spiro atoms. The van der Waals surface area contributed by atoms with Gasteiger partial charge in [-0.3, -0.25) is 19.5 Å². The summed E-state index contributed by atoms with van der Waals surface area (Å²) >= 11 is 6.47. The van der Waals surface area contributed by atoms with Gasteiger partial charge < -0.3 is 9.26 Å². The van der Waals surface area contributed by atoms with E-state index in [-0.39, 0.29) is 40.8 Å². The lowest BCUT2D eigenvalue weighted by atomic mass is 9.74. The largest absolute Gasteiger partial charge is 0.483 e. The van der Waals surface area contributed by atoms with E-state index in [1.165, 1.54) is 4.90 Å². The van der Waals surface area contributed by atoms with E-state index in [1.807, 2.05) is 13.0 Å². The number of amides is 1. The number of pyridine rings is 1. The maximum absolute atomic E-state index is 13.6. The van der Waals surface area contributed by atoms with Gasteiger partial charge in [0.05, 0.1) is 17.5 Å². The quantitative estimate of drug-likeness (QED) is 0.702. The SMILES string of the molecule is Cc1cc(N2C(=O)C3=C(C(=O)C4CC(Cl)C(C)CC4O3)C2c2cccnc2)no1. The summed E-state index contributed by atoms with van der Waals surface area (Å²) in [5.41, 5.74) is 1.08. The maximum Gasteiger partial charge on any atom is 0.295 e. The Hall–Kier alpha value is -2.67. The third kappa shape index (κ3) is 2.79. The first-order valence-electron chi connectivity index (χ1n) is 9.71. The molecule has 1 amide bonds. The Balaban J connectivity index is 1.63. The zero-order chi connectivity index (χ0) is 20.3. The van der Waals surface area contributed by atoms with E-state index in [4.69, 9.17) is 20.9 Å². The number of anilines is 1. The third-order valence-corrected chi connectivity index (χ3v) is 6.68. The summed E-state index contributed by atoms with van der Waals surface area (Å²) in [5, 5.41) is 3.93. The lowest BCUT2D eigenvalue weighted by Gasteiger charge is -2.39. The molecule has 3 aliphatic rings. The fraction of sp³-hybridized carbons (Fsp3) is 0.429. The van der Waals surface area contributed by atoms with E-state index in [1.54, 1.807) is 31.5 Å². The molecule has 1 aliphatic carbocycles. The number of carbonyl (C=O) groups is 2. The minimum absolute atomic E-state index is 0.0706. The molecule has 1 fully saturated rings. The van der Waals surface area contributed by atoms with E-state index in [0.717, 1.165) is 0 Å². The van der Waals surface area contributed by atoms with E-state index in [2.05, 4.69) is 10.1 Å². The van der Waals surface area contributed by atoms with Crippen LogP contribution >= 0.6 is 11.6 Å². The molecule has 5 rings (SSSR count). The third-order valence-electron chi connectivity index (χ3n) is 6.07. The molecule has 4 heterocycles. The Morgan fingerprint density at radius 3 is 2.79 bits per heavy atom. The Morgan fingerprint density at radius 1 is 1.28 bits per heavy atom. The van der Waals surface area contributed by atoms with Crippen LogP contribution in [-0.4, -0.2) is 33.3 Å². The van der Waals surface area contributed by atoms with Crippen LogP contribution in [0.3, 0.4) is 0 Å². The van der Waals surface area contributed by atoms with Crippen molar-refractivity contribution < 1.29 is 18.8 Å². The van der Waals surface area contributed by atoms with Crippen molar-refractivity contribution in [3.05, 3.63) is 53.2 Å². The Bertz CT molecular complexity index is 1020. The van der Waals surface area contributed by atoms with Gasteiger partial charge >= 0.3 is 0 Å². The van der Waals surface area contributed by atoms with Crippen LogP contribution in [0.15, 0.2) is 46.4 Å². The van der Waals surface area contributed by atoms with Crippen LogP contribution in [0.5, 0.6) is 0 Å². The summed E-state index contributed by atoms with van der Waals surface area (Å²) in [6.07, 6.45) is 4.16. The average Bonchev–Trinajstić information content (AvgIpc) is 3.26. The summed E-state index contributed by atoms with van der Waals surface area (Å²) < 4.78 is 11.3. The summed E-state index contributed by atoms with van der Waals surface area (Å²) in [6, 6.07) is 4.64. The number of carbonyl (C=O) groups excluding carboxylic acids is 2. The highest BCUT2D eigenvalue weighted by atomic mass is 35.5. The van der Waals surface area contributed by atoms with Crippen molar-refractivity contribution in [2.45, 2.75) is 44.2 Å². The van der Waals surface area contributed by atoms with Gasteiger partial charge in [-0.15, -0.1) is 11.6 Å². The van der Waals surface area contributed by atoms with Crippen molar-refractivity contribution in [3.8, 4) is 0 Å². The Labute approximate surface area is 172 Å². The van der Waals surface area contributed by atoms with Crippen LogP contribution in [0, 0.1) is 18.8 Å². The molecule has 1 saturated carbocycles. The zero-order valence-corrected chi connectivity index (χ0v) is 16.8. The minimum Gasteiger partial charge on any atom is -0.483 e. The smallest absolute Gasteiger partial charge is 0.295 e. The lowest BCUT2D eigenvalue weighted by molar-refractivity contribution is -0.132. The molecule has 29 heavy (non-hydrogen) atoms. The molecule has 5 unspecified atom stereocenters. The molecular weight excluding hydrogens is 394 g/mol. The van der Waals surface area contributed by atoms with Crippen molar-refractivity contribution in [3.63, 3.8) is 0 Å². The van der Waals surface area contributed by atoms with Gasteiger partial charge in [0.15, 0.2) is 17.4 Å². The number of rotatable bonds is 2. The van der Waals surface area contributed by atoms with Crippen LogP contribution in [0.2, 0.25) is 0 Å². The monoisotopic (exact) mass is 413 g/mol. The number of aromatic nitrogens is 2. The van der Waals surface area contributed by atoms with E-state index < -0.39 is 6.04 Å². The van der Waals surface area contributed by atoms with E-state index >= 15 is 0 Å². The summed E-state index contributed by atoms with van der Waals surface area (Å²) in [7, 11) is 0. The molecule has 0 radical (unpaired) electrons. The fourth-order valence-electron chi connectivity index (χ4n) is 4.57. The molecular formula is C21H20ClN3O4. The molecule has 0 bridgehead atoms. The molecule has 2 aromatic rings. The number of nitrogens with zero attached hydrogens (tertiary/aromatic N) is 3. The highest BCUT2D eigenvalue weighted by Crippen LogP contribution is 2.49.